The highest BCUT2D eigenvalue weighted by molar-refractivity contribution is 5.76. The lowest BCUT2D eigenvalue weighted by Crippen LogP contribution is -2.03. The van der Waals surface area contributed by atoms with Crippen molar-refractivity contribution in [2.24, 2.45) is 0 Å². The molecule has 0 unspecified atom stereocenters. The van der Waals surface area contributed by atoms with Crippen molar-refractivity contribution in [2.45, 2.75) is 89.9 Å². The zero-order valence-electron chi connectivity index (χ0n) is 21.3. The van der Waals surface area contributed by atoms with Gasteiger partial charge < -0.3 is 9.47 Å². The predicted octanol–water partition coefficient (Wildman–Crippen LogP) is 9.94. The minimum Gasteiger partial charge on any atom is -0.493 e. The summed E-state index contributed by atoms with van der Waals surface area (Å²) >= 11 is 0. The normalized spacial score (nSPS) is 10.7. The molecule has 0 aliphatic rings. The van der Waals surface area contributed by atoms with Gasteiger partial charge in [0.05, 0.1) is 18.8 Å². The quantitative estimate of drug-likeness (QED) is 0.136. The predicted molar refractivity (Wildman–Crippen MR) is 148 cm³/mol. The van der Waals surface area contributed by atoms with E-state index in [1.165, 1.54) is 64.2 Å². The van der Waals surface area contributed by atoms with E-state index in [9.17, 15) is 0 Å². The summed E-state index contributed by atoms with van der Waals surface area (Å²) in [6.45, 7) is 9.09. The van der Waals surface area contributed by atoms with E-state index >= 15 is 0 Å². The smallest absolute Gasteiger partial charge is 0.130 e. The summed E-state index contributed by atoms with van der Waals surface area (Å²) in [5, 5.41) is 0. The molecule has 2 heteroatoms. The van der Waals surface area contributed by atoms with Crippen LogP contribution in [0, 0.1) is 0 Å². The van der Waals surface area contributed by atoms with Crippen molar-refractivity contribution in [3.63, 3.8) is 0 Å². The molecule has 34 heavy (non-hydrogen) atoms. The summed E-state index contributed by atoms with van der Waals surface area (Å²) in [7, 11) is 0. The maximum absolute atomic E-state index is 6.27. The second-order valence-electron chi connectivity index (χ2n) is 9.09. The van der Waals surface area contributed by atoms with Crippen LogP contribution in [0.2, 0.25) is 0 Å². The first-order chi connectivity index (χ1) is 16.9. The fourth-order valence-electron chi connectivity index (χ4n) is 4.20. The fraction of sp³-hybridized carbons (Fsp3) is 0.500. The van der Waals surface area contributed by atoms with E-state index in [4.69, 9.17) is 9.47 Å². The van der Waals surface area contributed by atoms with Crippen molar-refractivity contribution in [2.75, 3.05) is 13.2 Å². The van der Waals surface area contributed by atoms with Crippen LogP contribution in [0.15, 0.2) is 73.8 Å². The molecule has 0 aliphatic heterocycles. The van der Waals surface area contributed by atoms with Gasteiger partial charge in [-0.2, -0.15) is 0 Å². The Kier molecular flexibility index (Phi) is 15.4. The Bertz CT molecular complexity index is 737. The molecule has 0 spiro atoms. The van der Waals surface area contributed by atoms with Gasteiger partial charge in [-0.15, -0.1) is 13.2 Å². The van der Waals surface area contributed by atoms with Crippen LogP contribution in [-0.2, 0) is 0 Å². The van der Waals surface area contributed by atoms with Gasteiger partial charge in [0.2, 0.25) is 0 Å². The summed E-state index contributed by atoms with van der Waals surface area (Å²) in [5.41, 5.74) is 2.23. The standard InChI is InChI=1S/C32H46O2/c1-3-5-7-9-11-13-15-20-27-33-30-25-22-26-31(32(30)29-23-18-17-19-24-29)34-28-21-16-14-12-10-8-6-4-2/h3-4,17-19,22-26H,1-2,5-16,20-21,27-28H2. The molecule has 0 fully saturated rings. The molecule has 186 valence electrons. The van der Waals surface area contributed by atoms with Crippen LogP contribution in [-0.4, -0.2) is 13.2 Å². The third-order valence-electron chi connectivity index (χ3n) is 6.17. The van der Waals surface area contributed by atoms with Crippen LogP contribution < -0.4 is 9.47 Å². The molecular weight excluding hydrogens is 416 g/mol. The molecule has 2 nitrogen and oxygen atoms in total. The highest BCUT2D eigenvalue weighted by atomic mass is 16.5. The van der Waals surface area contributed by atoms with Crippen LogP contribution in [0.5, 0.6) is 11.5 Å². The summed E-state index contributed by atoms with van der Waals surface area (Å²) in [6.07, 6.45) is 21.3. The Balaban J connectivity index is 1.82. The Hall–Kier alpha value is -2.48. The number of hydrogen-bond donors (Lipinski definition) is 0. The average Bonchev–Trinajstić information content (AvgIpc) is 2.87. The van der Waals surface area contributed by atoms with Gasteiger partial charge >= 0.3 is 0 Å². The zero-order valence-corrected chi connectivity index (χ0v) is 21.3. The van der Waals surface area contributed by atoms with Gasteiger partial charge in [0.25, 0.3) is 0 Å². The molecule has 0 aliphatic carbocycles. The number of rotatable bonds is 21. The first kappa shape index (κ1) is 27.8. The highest BCUT2D eigenvalue weighted by Gasteiger charge is 2.13. The first-order valence-corrected chi connectivity index (χ1v) is 13.5. The van der Waals surface area contributed by atoms with Gasteiger partial charge in [-0.05, 0) is 56.2 Å². The van der Waals surface area contributed by atoms with Crippen LogP contribution in [0.3, 0.4) is 0 Å². The molecule has 0 amide bonds. The second-order valence-corrected chi connectivity index (χ2v) is 9.09. The molecule has 0 saturated heterocycles. The maximum Gasteiger partial charge on any atom is 0.130 e. The van der Waals surface area contributed by atoms with Gasteiger partial charge in [0.15, 0.2) is 0 Å². The van der Waals surface area contributed by atoms with Gasteiger partial charge in [-0.25, -0.2) is 0 Å². The van der Waals surface area contributed by atoms with Crippen molar-refractivity contribution in [3.05, 3.63) is 73.8 Å². The molecule has 2 aromatic carbocycles. The lowest BCUT2D eigenvalue weighted by molar-refractivity contribution is 0.292. The third-order valence-corrected chi connectivity index (χ3v) is 6.17. The van der Waals surface area contributed by atoms with Gasteiger partial charge in [-0.1, -0.05) is 99.9 Å². The first-order valence-electron chi connectivity index (χ1n) is 13.5. The van der Waals surface area contributed by atoms with Crippen molar-refractivity contribution >= 4 is 0 Å². The minimum atomic E-state index is 0.752. The molecule has 0 aromatic heterocycles. The van der Waals surface area contributed by atoms with E-state index in [-0.39, 0.29) is 0 Å². The Morgan fingerprint density at radius 3 is 1.41 bits per heavy atom. The van der Waals surface area contributed by atoms with Gasteiger partial charge in [0.1, 0.15) is 11.5 Å². The van der Waals surface area contributed by atoms with Crippen LogP contribution >= 0.6 is 0 Å². The largest absolute Gasteiger partial charge is 0.493 e. The molecule has 2 aromatic rings. The lowest BCUT2D eigenvalue weighted by atomic mass is 10.0. The number of allylic oxidation sites excluding steroid dienone is 2. The number of unbranched alkanes of at least 4 members (excludes halogenated alkanes) is 12. The van der Waals surface area contributed by atoms with Crippen molar-refractivity contribution in [1.82, 2.24) is 0 Å². The average molecular weight is 463 g/mol. The molecule has 0 radical (unpaired) electrons. The fourth-order valence-corrected chi connectivity index (χ4v) is 4.20. The van der Waals surface area contributed by atoms with Crippen LogP contribution in [0.25, 0.3) is 11.1 Å². The monoisotopic (exact) mass is 462 g/mol. The summed E-state index contributed by atoms with van der Waals surface area (Å²) in [6, 6.07) is 16.7. The maximum atomic E-state index is 6.27. The van der Waals surface area contributed by atoms with E-state index < -0.39 is 0 Å². The molecule has 0 atom stereocenters. The minimum absolute atomic E-state index is 0.752. The molecule has 0 heterocycles. The number of benzene rings is 2. The highest BCUT2D eigenvalue weighted by Crippen LogP contribution is 2.38. The SMILES string of the molecule is C=CCCCCCCCCOc1cccc(OCCCCCCCCC=C)c1-c1ccccc1. The molecule has 0 N–H and O–H groups in total. The Morgan fingerprint density at radius 1 is 0.500 bits per heavy atom. The van der Waals surface area contributed by atoms with Gasteiger partial charge in [-0.3, -0.25) is 0 Å². The van der Waals surface area contributed by atoms with Crippen molar-refractivity contribution in [1.29, 1.82) is 0 Å². The van der Waals surface area contributed by atoms with Crippen molar-refractivity contribution in [3.8, 4) is 22.6 Å². The van der Waals surface area contributed by atoms with E-state index in [1.54, 1.807) is 0 Å². The number of ether oxygens (including phenoxy) is 2. The van der Waals surface area contributed by atoms with Crippen LogP contribution in [0.1, 0.15) is 89.9 Å². The Morgan fingerprint density at radius 2 is 0.941 bits per heavy atom. The van der Waals surface area contributed by atoms with Crippen LogP contribution in [0.4, 0.5) is 0 Å². The summed E-state index contributed by atoms with van der Waals surface area (Å²) in [5.74, 6) is 1.86. The third kappa shape index (κ3) is 11.6. The Labute approximate surface area is 209 Å². The second kappa shape index (κ2) is 18.9. The number of hydrogen-bond acceptors (Lipinski definition) is 2. The molecule has 0 bridgehead atoms. The lowest BCUT2D eigenvalue weighted by Gasteiger charge is -2.17. The van der Waals surface area contributed by atoms with E-state index in [0.717, 1.165) is 61.5 Å². The van der Waals surface area contributed by atoms with Crippen molar-refractivity contribution < 1.29 is 9.47 Å². The zero-order chi connectivity index (χ0) is 24.1. The van der Waals surface area contributed by atoms with E-state index in [2.05, 4.69) is 61.7 Å². The van der Waals surface area contributed by atoms with Gasteiger partial charge in [0, 0.05) is 0 Å². The topological polar surface area (TPSA) is 18.5 Å². The summed E-state index contributed by atoms with van der Waals surface area (Å²) < 4.78 is 12.5. The summed E-state index contributed by atoms with van der Waals surface area (Å²) in [4.78, 5) is 0. The van der Waals surface area contributed by atoms with E-state index in [1.807, 2.05) is 12.2 Å². The molecule has 2 rings (SSSR count). The van der Waals surface area contributed by atoms with E-state index in [0.29, 0.717) is 0 Å². The molecule has 0 saturated carbocycles. The molecular formula is C32H46O2.